The molecule has 1 aromatic rings. The molecule has 0 spiro atoms. The van der Waals surface area contributed by atoms with Crippen LogP contribution in [0.25, 0.3) is 5.57 Å². The van der Waals surface area contributed by atoms with Crippen LogP contribution >= 0.6 is 0 Å². The van der Waals surface area contributed by atoms with E-state index in [1.807, 2.05) is 31.2 Å². The molecule has 0 saturated carbocycles. The molecular weight excluding hydrogens is 204 g/mol. The van der Waals surface area contributed by atoms with Gasteiger partial charge in [-0.25, -0.2) is 4.79 Å². The summed E-state index contributed by atoms with van der Waals surface area (Å²) in [5.74, 6) is 0.455. The summed E-state index contributed by atoms with van der Waals surface area (Å²) in [5, 5.41) is 0. The fourth-order valence-corrected chi connectivity index (χ4v) is 1.31. The van der Waals surface area contributed by atoms with Crippen molar-refractivity contribution in [3.8, 4) is 5.75 Å². The van der Waals surface area contributed by atoms with Gasteiger partial charge in [-0.2, -0.15) is 0 Å². The molecule has 1 rings (SSSR count). The van der Waals surface area contributed by atoms with Crippen molar-refractivity contribution in [3.63, 3.8) is 0 Å². The summed E-state index contributed by atoms with van der Waals surface area (Å²) >= 11 is 0. The molecule has 3 nitrogen and oxygen atoms in total. The number of benzene rings is 1. The van der Waals surface area contributed by atoms with Crippen molar-refractivity contribution in [2.75, 3.05) is 13.7 Å². The van der Waals surface area contributed by atoms with Crippen molar-refractivity contribution in [1.29, 1.82) is 0 Å². The van der Waals surface area contributed by atoms with E-state index in [0.717, 1.165) is 16.9 Å². The van der Waals surface area contributed by atoms with Gasteiger partial charge in [0.15, 0.2) is 0 Å². The third-order valence-corrected chi connectivity index (χ3v) is 2.15. The summed E-state index contributed by atoms with van der Waals surface area (Å²) in [6, 6.07) is 7.55. The zero-order valence-corrected chi connectivity index (χ0v) is 9.82. The van der Waals surface area contributed by atoms with Crippen LogP contribution in [0.1, 0.15) is 19.4 Å². The van der Waals surface area contributed by atoms with Gasteiger partial charge >= 0.3 is 5.97 Å². The second-order valence-corrected chi connectivity index (χ2v) is 3.31. The Labute approximate surface area is 95.7 Å². The van der Waals surface area contributed by atoms with Gasteiger partial charge in [0.25, 0.3) is 0 Å². The highest BCUT2D eigenvalue weighted by Crippen LogP contribution is 2.19. The van der Waals surface area contributed by atoms with Gasteiger partial charge < -0.3 is 9.47 Å². The molecule has 16 heavy (non-hydrogen) atoms. The SMILES string of the molecule is CCOC(=O)/C=C(/C)c1cccc(OC)c1. The summed E-state index contributed by atoms with van der Waals surface area (Å²) in [5.41, 5.74) is 1.81. The molecule has 0 N–H and O–H groups in total. The number of ether oxygens (including phenoxy) is 2. The van der Waals surface area contributed by atoms with Gasteiger partial charge in [-0.3, -0.25) is 0 Å². The van der Waals surface area contributed by atoms with E-state index >= 15 is 0 Å². The molecule has 0 heterocycles. The standard InChI is InChI=1S/C13H16O3/c1-4-16-13(14)8-10(2)11-6-5-7-12(9-11)15-3/h5-9H,4H2,1-3H3/b10-8-. The average molecular weight is 220 g/mol. The Hall–Kier alpha value is -1.77. The maximum atomic E-state index is 11.3. The highest BCUT2D eigenvalue weighted by Gasteiger charge is 2.01. The van der Waals surface area contributed by atoms with Gasteiger partial charge in [0.2, 0.25) is 0 Å². The van der Waals surface area contributed by atoms with E-state index in [9.17, 15) is 4.79 Å². The van der Waals surface area contributed by atoms with E-state index in [1.54, 1.807) is 14.0 Å². The average Bonchev–Trinajstić information content (AvgIpc) is 2.29. The van der Waals surface area contributed by atoms with Gasteiger partial charge in [0.1, 0.15) is 5.75 Å². The van der Waals surface area contributed by atoms with Crippen LogP contribution in [-0.4, -0.2) is 19.7 Å². The Morgan fingerprint density at radius 3 is 2.81 bits per heavy atom. The lowest BCUT2D eigenvalue weighted by atomic mass is 10.1. The molecule has 0 aliphatic carbocycles. The number of rotatable bonds is 4. The quantitative estimate of drug-likeness (QED) is 0.578. The molecule has 0 fully saturated rings. The Morgan fingerprint density at radius 2 is 2.19 bits per heavy atom. The van der Waals surface area contributed by atoms with E-state index in [0.29, 0.717) is 6.61 Å². The second kappa shape index (κ2) is 5.95. The first-order chi connectivity index (χ1) is 7.67. The lowest BCUT2D eigenvalue weighted by Gasteiger charge is -2.04. The normalized spacial score (nSPS) is 11.1. The smallest absolute Gasteiger partial charge is 0.331 e. The number of hydrogen-bond acceptors (Lipinski definition) is 3. The number of esters is 1. The van der Waals surface area contributed by atoms with Crippen molar-refractivity contribution >= 4 is 11.5 Å². The number of methoxy groups -OCH3 is 1. The first-order valence-electron chi connectivity index (χ1n) is 5.17. The Kier molecular flexibility index (Phi) is 4.58. The molecule has 0 unspecified atom stereocenters. The first-order valence-corrected chi connectivity index (χ1v) is 5.17. The minimum absolute atomic E-state index is 0.317. The van der Waals surface area contributed by atoms with Crippen LogP contribution in [0.3, 0.4) is 0 Å². The van der Waals surface area contributed by atoms with Gasteiger partial charge in [-0.05, 0) is 37.1 Å². The largest absolute Gasteiger partial charge is 0.497 e. The van der Waals surface area contributed by atoms with Crippen LogP contribution in [-0.2, 0) is 9.53 Å². The fraction of sp³-hybridized carbons (Fsp3) is 0.308. The third kappa shape index (κ3) is 3.42. The lowest BCUT2D eigenvalue weighted by Crippen LogP contribution is -2.00. The Bertz CT molecular complexity index is 394. The van der Waals surface area contributed by atoms with Crippen molar-refractivity contribution < 1.29 is 14.3 Å². The van der Waals surface area contributed by atoms with E-state index in [1.165, 1.54) is 6.08 Å². The molecule has 0 bridgehead atoms. The molecule has 86 valence electrons. The zero-order valence-electron chi connectivity index (χ0n) is 9.82. The zero-order chi connectivity index (χ0) is 12.0. The summed E-state index contributed by atoms with van der Waals surface area (Å²) in [6.07, 6.45) is 1.48. The summed E-state index contributed by atoms with van der Waals surface area (Å²) in [7, 11) is 1.61. The number of carbonyl (C=O) groups is 1. The van der Waals surface area contributed by atoms with Crippen molar-refractivity contribution in [1.82, 2.24) is 0 Å². The van der Waals surface area contributed by atoms with E-state index in [4.69, 9.17) is 9.47 Å². The number of hydrogen-bond donors (Lipinski definition) is 0. The molecule has 1 aromatic carbocycles. The van der Waals surface area contributed by atoms with Crippen LogP contribution in [0, 0.1) is 0 Å². The molecule has 0 amide bonds. The Balaban J connectivity index is 2.86. The van der Waals surface area contributed by atoms with Gasteiger partial charge in [-0.1, -0.05) is 12.1 Å². The van der Waals surface area contributed by atoms with Gasteiger partial charge in [0, 0.05) is 6.08 Å². The minimum Gasteiger partial charge on any atom is -0.497 e. The van der Waals surface area contributed by atoms with E-state index in [2.05, 4.69) is 0 Å². The van der Waals surface area contributed by atoms with Crippen LogP contribution in [0.5, 0.6) is 5.75 Å². The van der Waals surface area contributed by atoms with Gasteiger partial charge in [0.05, 0.1) is 13.7 Å². The molecule has 3 heteroatoms. The summed E-state index contributed by atoms with van der Waals surface area (Å²) in [4.78, 5) is 11.3. The van der Waals surface area contributed by atoms with Crippen molar-refractivity contribution in [3.05, 3.63) is 35.9 Å². The van der Waals surface area contributed by atoms with Crippen LogP contribution in [0.4, 0.5) is 0 Å². The number of carbonyl (C=O) groups excluding carboxylic acids is 1. The Morgan fingerprint density at radius 1 is 1.44 bits per heavy atom. The van der Waals surface area contributed by atoms with E-state index < -0.39 is 0 Å². The highest BCUT2D eigenvalue weighted by atomic mass is 16.5. The van der Waals surface area contributed by atoms with Gasteiger partial charge in [-0.15, -0.1) is 0 Å². The van der Waals surface area contributed by atoms with Crippen LogP contribution < -0.4 is 4.74 Å². The van der Waals surface area contributed by atoms with Crippen molar-refractivity contribution in [2.24, 2.45) is 0 Å². The maximum Gasteiger partial charge on any atom is 0.331 e. The minimum atomic E-state index is -0.317. The monoisotopic (exact) mass is 220 g/mol. The number of allylic oxidation sites excluding steroid dienone is 1. The predicted octanol–water partition coefficient (Wildman–Crippen LogP) is 2.66. The molecule has 0 aliphatic heterocycles. The maximum absolute atomic E-state index is 11.3. The second-order valence-electron chi connectivity index (χ2n) is 3.31. The molecule has 0 radical (unpaired) electrons. The predicted molar refractivity (Wildman–Crippen MR) is 63.3 cm³/mol. The first kappa shape index (κ1) is 12.3. The van der Waals surface area contributed by atoms with Crippen molar-refractivity contribution in [2.45, 2.75) is 13.8 Å². The van der Waals surface area contributed by atoms with Crippen LogP contribution in [0.2, 0.25) is 0 Å². The fourth-order valence-electron chi connectivity index (χ4n) is 1.31. The van der Waals surface area contributed by atoms with Crippen LogP contribution in [0.15, 0.2) is 30.3 Å². The summed E-state index contributed by atoms with van der Waals surface area (Å²) in [6.45, 7) is 4.04. The molecule has 0 aliphatic rings. The molecule has 0 atom stereocenters. The molecular formula is C13H16O3. The topological polar surface area (TPSA) is 35.5 Å². The van der Waals surface area contributed by atoms with E-state index in [-0.39, 0.29) is 5.97 Å². The molecule has 0 aromatic heterocycles. The third-order valence-electron chi connectivity index (χ3n) is 2.15. The lowest BCUT2D eigenvalue weighted by molar-refractivity contribution is -0.137. The molecule has 0 saturated heterocycles. The highest BCUT2D eigenvalue weighted by molar-refractivity contribution is 5.90. The summed E-state index contributed by atoms with van der Waals surface area (Å²) < 4.78 is 9.96.